The van der Waals surface area contributed by atoms with E-state index in [0.717, 1.165) is 18.9 Å². The lowest BCUT2D eigenvalue weighted by Gasteiger charge is -2.34. The molecule has 26 heavy (non-hydrogen) atoms. The van der Waals surface area contributed by atoms with Crippen molar-refractivity contribution in [3.8, 4) is 0 Å². The molecule has 0 spiro atoms. The van der Waals surface area contributed by atoms with E-state index >= 15 is 0 Å². The molecular formula is C18H28FN3O3S. The molecule has 2 rings (SSSR count). The number of carbonyl (C=O) groups is 1. The molecule has 0 atom stereocenters. The SMILES string of the molecule is Cc1cc(F)ccc1S(=O)(=O)NCC1CCN(C(=O)NC(C)(C)C)CC1. The Hall–Kier alpha value is -1.67. The van der Waals surface area contributed by atoms with Gasteiger partial charge in [-0.25, -0.2) is 22.3 Å². The average molecular weight is 386 g/mol. The number of nitrogens with zero attached hydrogens (tertiary/aromatic N) is 1. The van der Waals surface area contributed by atoms with E-state index < -0.39 is 15.8 Å². The monoisotopic (exact) mass is 385 g/mol. The smallest absolute Gasteiger partial charge is 0.317 e. The topological polar surface area (TPSA) is 78.5 Å². The fraction of sp³-hybridized carbons (Fsp3) is 0.611. The number of benzene rings is 1. The molecule has 1 fully saturated rings. The number of hydrogen-bond donors (Lipinski definition) is 2. The summed E-state index contributed by atoms with van der Waals surface area (Å²) >= 11 is 0. The van der Waals surface area contributed by atoms with Gasteiger partial charge in [-0.15, -0.1) is 0 Å². The number of hydrogen-bond acceptors (Lipinski definition) is 3. The van der Waals surface area contributed by atoms with Gasteiger partial charge in [-0.3, -0.25) is 0 Å². The van der Waals surface area contributed by atoms with Crippen LogP contribution in [0.25, 0.3) is 0 Å². The van der Waals surface area contributed by atoms with Gasteiger partial charge in [0, 0.05) is 25.2 Å². The van der Waals surface area contributed by atoms with Crippen molar-refractivity contribution in [1.29, 1.82) is 0 Å². The first kappa shape index (κ1) is 20.6. The van der Waals surface area contributed by atoms with Crippen LogP contribution in [0.5, 0.6) is 0 Å². The highest BCUT2D eigenvalue weighted by Crippen LogP contribution is 2.20. The number of carbonyl (C=O) groups excluding carboxylic acids is 1. The quantitative estimate of drug-likeness (QED) is 0.836. The molecule has 1 aromatic carbocycles. The average Bonchev–Trinajstić information content (AvgIpc) is 2.51. The van der Waals surface area contributed by atoms with Crippen molar-refractivity contribution < 1.29 is 17.6 Å². The second-order valence-electron chi connectivity index (χ2n) is 7.87. The number of rotatable bonds is 4. The van der Waals surface area contributed by atoms with E-state index in [0.29, 0.717) is 25.2 Å². The summed E-state index contributed by atoms with van der Waals surface area (Å²) in [4.78, 5) is 14.0. The maximum atomic E-state index is 13.2. The molecule has 2 N–H and O–H groups in total. The second kappa shape index (κ2) is 7.92. The van der Waals surface area contributed by atoms with E-state index in [4.69, 9.17) is 0 Å². The molecular weight excluding hydrogens is 357 g/mol. The summed E-state index contributed by atoms with van der Waals surface area (Å²) < 4.78 is 40.6. The molecule has 0 radical (unpaired) electrons. The van der Waals surface area contributed by atoms with Gasteiger partial charge in [0.2, 0.25) is 10.0 Å². The molecule has 1 aromatic rings. The Balaban J connectivity index is 1.87. The summed E-state index contributed by atoms with van der Waals surface area (Å²) in [5.74, 6) is -0.286. The Morgan fingerprint density at radius 3 is 2.42 bits per heavy atom. The summed E-state index contributed by atoms with van der Waals surface area (Å²) in [6, 6.07) is 3.56. The summed E-state index contributed by atoms with van der Waals surface area (Å²) in [5, 5.41) is 2.94. The van der Waals surface area contributed by atoms with Gasteiger partial charge in [0.1, 0.15) is 5.82 Å². The first-order valence-corrected chi connectivity index (χ1v) is 10.3. The first-order chi connectivity index (χ1) is 12.0. The van der Waals surface area contributed by atoms with E-state index in [2.05, 4.69) is 10.0 Å². The Morgan fingerprint density at radius 1 is 1.27 bits per heavy atom. The molecule has 1 heterocycles. The molecule has 0 aromatic heterocycles. The van der Waals surface area contributed by atoms with Gasteiger partial charge in [-0.1, -0.05) is 0 Å². The highest BCUT2D eigenvalue weighted by atomic mass is 32.2. The number of piperidine rings is 1. The normalized spacial score (nSPS) is 16.6. The number of amides is 2. The lowest BCUT2D eigenvalue weighted by atomic mass is 9.97. The molecule has 1 aliphatic rings. The summed E-state index contributed by atoms with van der Waals surface area (Å²) in [5.41, 5.74) is 0.0995. The van der Waals surface area contributed by atoms with Gasteiger partial charge in [0.05, 0.1) is 4.90 Å². The van der Waals surface area contributed by atoms with Crippen LogP contribution in [0.15, 0.2) is 23.1 Å². The van der Waals surface area contributed by atoms with E-state index in [1.54, 1.807) is 11.8 Å². The van der Waals surface area contributed by atoms with Crippen LogP contribution in [-0.2, 0) is 10.0 Å². The van der Waals surface area contributed by atoms with E-state index in [9.17, 15) is 17.6 Å². The molecule has 6 nitrogen and oxygen atoms in total. The second-order valence-corrected chi connectivity index (χ2v) is 9.61. The third-order valence-corrected chi connectivity index (χ3v) is 5.96. The zero-order chi connectivity index (χ0) is 19.5. The third-order valence-electron chi connectivity index (χ3n) is 4.37. The molecule has 0 unspecified atom stereocenters. The van der Waals surface area contributed by atoms with Crippen LogP contribution in [0.2, 0.25) is 0 Å². The maximum absolute atomic E-state index is 13.2. The third kappa shape index (κ3) is 5.67. The summed E-state index contributed by atoms with van der Waals surface area (Å²) in [6.07, 6.45) is 1.48. The van der Waals surface area contributed by atoms with E-state index in [-0.39, 0.29) is 22.4 Å². The molecule has 2 amide bonds. The van der Waals surface area contributed by atoms with Gasteiger partial charge < -0.3 is 10.2 Å². The fourth-order valence-corrected chi connectivity index (χ4v) is 4.30. The zero-order valence-electron chi connectivity index (χ0n) is 15.8. The highest BCUT2D eigenvalue weighted by molar-refractivity contribution is 7.89. The van der Waals surface area contributed by atoms with Crippen LogP contribution in [0.1, 0.15) is 39.2 Å². The largest absolute Gasteiger partial charge is 0.333 e. The van der Waals surface area contributed by atoms with Gasteiger partial charge in [-0.2, -0.15) is 0 Å². The van der Waals surface area contributed by atoms with Crippen LogP contribution in [0.4, 0.5) is 9.18 Å². The molecule has 1 saturated heterocycles. The molecule has 1 aliphatic heterocycles. The van der Waals surface area contributed by atoms with Crippen molar-refractivity contribution in [3.63, 3.8) is 0 Å². The van der Waals surface area contributed by atoms with Crippen LogP contribution >= 0.6 is 0 Å². The van der Waals surface area contributed by atoms with Crippen molar-refractivity contribution in [1.82, 2.24) is 14.9 Å². The molecule has 0 aliphatic carbocycles. The van der Waals surface area contributed by atoms with Crippen molar-refractivity contribution in [3.05, 3.63) is 29.6 Å². The molecule has 0 bridgehead atoms. The minimum atomic E-state index is -3.67. The van der Waals surface area contributed by atoms with Crippen molar-refractivity contribution in [2.45, 2.75) is 51.0 Å². The standard InChI is InChI=1S/C18H28FN3O3S/c1-13-11-15(19)5-6-16(13)26(24,25)20-12-14-7-9-22(10-8-14)17(23)21-18(2,3)4/h5-6,11,14,20H,7-10,12H2,1-4H3,(H,21,23). The highest BCUT2D eigenvalue weighted by Gasteiger charge is 2.26. The lowest BCUT2D eigenvalue weighted by molar-refractivity contribution is 0.163. The van der Waals surface area contributed by atoms with Crippen molar-refractivity contribution in [2.24, 2.45) is 5.92 Å². The zero-order valence-corrected chi connectivity index (χ0v) is 16.6. The Labute approximate surface area is 155 Å². The van der Waals surface area contributed by atoms with Crippen LogP contribution in [0.3, 0.4) is 0 Å². The van der Waals surface area contributed by atoms with Gasteiger partial charge in [0.25, 0.3) is 0 Å². The van der Waals surface area contributed by atoms with E-state index in [1.165, 1.54) is 12.1 Å². The Morgan fingerprint density at radius 2 is 1.88 bits per heavy atom. The van der Waals surface area contributed by atoms with Gasteiger partial charge in [-0.05, 0) is 70.2 Å². The predicted molar refractivity (Wildman–Crippen MR) is 98.9 cm³/mol. The number of halogens is 1. The van der Waals surface area contributed by atoms with Gasteiger partial charge in [0.15, 0.2) is 0 Å². The number of urea groups is 1. The van der Waals surface area contributed by atoms with Crippen LogP contribution in [-0.4, -0.2) is 44.5 Å². The fourth-order valence-electron chi connectivity index (χ4n) is 2.96. The van der Waals surface area contributed by atoms with E-state index in [1.807, 2.05) is 20.8 Å². The molecule has 8 heteroatoms. The predicted octanol–water partition coefficient (Wildman–Crippen LogP) is 2.63. The Bertz CT molecular complexity index is 751. The van der Waals surface area contributed by atoms with Gasteiger partial charge >= 0.3 is 6.03 Å². The van der Waals surface area contributed by atoms with Crippen LogP contribution < -0.4 is 10.0 Å². The molecule has 146 valence electrons. The van der Waals surface area contributed by atoms with Crippen molar-refractivity contribution in [2.75, 3.05) is 19.6 Å². The number of aryl methyl sites for hydroxylation is 1. The number of nitrogens with one attached hydrogen (secondary N) is 2. The summed E-state index contributed by atoms with van der Waals surface area (Å²) in [7, 11) is -3.67. The first-order valence-electron chi connectivity index (χ1n) is 8.81. The number of likely N-dealkylation sites (tertiary alicyclic amines) is 1. The summed E-state index contributed by atoms with van der Waals surface area (Å²) in [6.45, 7) is 8.89. The van der Waals surface area contributed by atoms with Crippen molar-refractivity contribution >= 4 is 16.1 Å². The lowest BCUT2D eigenvalue weighted by Crippen LogP contribution is -2.51. The number of sulfonamides is 1. The Kier molecular flexibility index (Phi) is 6.29. The molecule has 0 saturated carbocycles. The maximum Gasteiger partial charge on any atom is 0.317 e. The minimum Gasteiger partial charge on any atom is -0.333 e. The van der Waals surface area contributed by atoms with Crippen LogP contribution in [0, 0.1) is 18.7 Å². The minimum absolute atomic E-state index is 0.0848.